The number of aliphatic hydroxyl groups excluding tert-OH is 1. The first-order chi connectivity index (χ1) is 16.0. The van der Waals surface area contributed by atoms with Crippen LogP contribution < -0.4 is 5.32 Å². The van der Waals surface area contributed by atoms with E-state index >= 15 is 4.39 Å². The number of hydrogen-bond donors (Lipinski definition) is 2. The molecule has 0 fully saturated rings. The van der Waals surface area contributed by atoms with Crippen LogP contribution in [0.1, 0.15) is 27.2 Å². The number of amides is 1. The number of halogens is 3. The number of nitrogens with one attached hydrogen (secondary N) is 1. The molecule has 0 spiro atoms. The maximum absolute atomic E-state index is 15.3. The number of rotatable bonds is 7. The molecule has 0 aliphatic carbocycles. The van der Waals surface area contributed by atoms with Crippen LogP contribution in [0.25, 0.3) is 5.57 Å². The summed E-state index contributed by atoms with van der Waals surface area (Å²) in [6, 6.07) is 13.7. The van der Waals surface area contributed by atoms with E-state index in [1.54, 1.807) is 24.4 Å². The number of aliphatic imine (C=N–C) groups is 1. The molecule has 2 heterocycles. The Hall–Kier alpha value is -3.78. The van der Waals surface area contributed by atoms with E-state index in [1.165, 1.54) is 36.4 Å². The molecule has 1 amide bonds. The largest absolute Gasteiger partial charge is 0.394 e. The first kappa shape index (κ1) is 22.4. The molecule has 2 aromatic carbocycles. The number of benzene rings is 2. The van der Waals surface area contributed by atoms with E-state index in [0.717, 1.165) is 6.07 Å². The second-order valence-electron chi connectivity index (χ2n) is 7.50. The van der Waals surface area contributed by atoms with Crippen LogP contribution in [0.3, 0.4) is 0 Å². The van der Waals surface area contributed by atoms with Crippen molar-refractivity contribution in [3.63, 3.8) is 0 Å². The molecule has 168 valence electrons. The van der Waals surface area contributed by atoms with Crippen molar-refractivity contribution in [3.8, 4) is 0 Å². The molecule has 4 rings (SSSR count). The highest BCUT2D eigenvalue weighted by atomic mass is 19.1. The van der Waals surface area contributed by atoms with Gasteiger partial charge in [-0.3, -0.25) is 14.8 Å². The lowest BCUT2D eigenvalue weighted by atomic mass is 9.98. The molecule has 0 saturated heterocycles. The van der Waals surface area contributed by atoms with Crippen molar-refractivity contribution in [3.05, 3.63) is 107 Å². The highest BCUT2D eigenvalue weighted by molar-refractivity contribution is 6.21. The fourth-order valence-corrected chi connectivity index (χ4v) is 3.65. The van der Waals surface area contributed by atoms with Crippen molar-refractivity contribution in [2.45, 2.75) is 12.5 Å². The molecule has 1 aromatic heterocycles. The van der Waals surface area contributed by atoms with Gasteiger partial charge in [0, 0.05) is 23.9 Å². The summed E-state index contributed by atoms with van der Waals surface area (Å²) in [7, 11) is 0. The third kappa shape index (κ3) is 4.85. The van der Waals surface area contributed by atoms with E-state index in [2.05, 4.69) is 15.3 Å². The van der Waals surface area contributed by atoms with Crippen LogP contribution in [0.2, 0.25) is 0 Å². The predicted molar refractivity (Wildman–Crippen MR) is 119 cm³/mol. The molecule has 0 radical (unpaired) electrons. The smallest absolute Gasteiger partial charge is 0.252 e. The molecular formula is C25H20F3N3O2. The van der Waals surface area contributed by atoms with E-state index in [0.29, 0.717) is 11.3 Å². The highest BCUT2D eigenvalue weighted by Gasteiger charge is 2.29. The molecule has 33 heavy (non-hydrogen) atoms. The zero-order valence-corrected chi connectivity index (χ0v) is 17.4. The number of aromatic nitrogens is 1. The topological polar surface area (TPSA) is 74.6 Å². The van der Waals surface area contributed by atoms with Crippen LogP contribution in [0.15, 0.2) is 77.7 Å². The van der Waals surface area contributed by atoms with Gasteiger partial charge < -0.3 is 10.4 Å². The Morgan fingerprint density at radius 3 is 2.52 bits per heavy atom. The normalized spacial score (nSPS) is 14.2. The SMILES string of the molecule is O=C(N[C@@H](CO)Cc1ccccn1)c1cccc(F)c1C1=NCC(c2ccc(F)cc2)=C1F. The van der Waals surface area contributed by atoms with Gasteiger partial charge in [0.1, 0.15) is 17.3 Å². The summed E-state index contributed by atoms with van der Waals surface area (Å²) in [6.07, 6.45) is 1.86. The zero-order chi connectivity index (χ0) is 23.4. The lowest BCUT2D eigenvalue weighted by Gasteiger charge is -2.17. The number of aliphatic hydroxyl groups is 1. The number of pyridine rings is 1. The Morgan fingerprint density at radius 1 is 1.03 bits per heavy atom. The van der Waals surface area contributed by atoms with Gasteiger partial charge in [-0.25, -0.2) is 13.2 Å². The van der Waals surface area contributed by atoms with Crippen LogP contribution in [0.5, 0.6) is 0 Å². The fraction of sp³-hybridized carbons (Fsp3) is 0.160. The predicted octanol–water partition coefficient (Wildman–Crippen LogP) is 3.88. The molecule has 1 aliphatic heterocycles. The molecule has 2 N–H and O–H groups in total. The summed E-state index contributed by atoms with van der Waals surface area (Å²) in [6.45, 7) is -0.433. The minimum Gasteiger partial charge on any atom is -0.394 e. The monoisotopic (exact) mass is 451 g/mol. The number of carbonyl (C=O) groups is 1. The molecule has 0 unspecified atom stereocenters. The van der Waals surface area contributed by atoms with Crippen LogP contribution in [0, 0.1) is 11.6 Å². The third-order valence-electron chi connectivity index (χ3n) is 5.29. The van der Waals surface area contributed by atoms with Gasteiger partial charge in [-0.15, -0.1) is 0 Å². The molecule has 1 aliphatic rings. The second-order valence-corrected chi connectivity index (χ2v) is 7.50. The van der Waals surface area contributed by atoms with Crippen LogP contribution in [-0.2, 0) is 6.42 Å². The number of carbonyl (C=O) groups excluding carboxylic acids is 1. The number of nitrogens with zero attached hydrogens (tertiary/aromatic N) is 2. The lowest BCUT2D eigenvalue weighted by Crippen LogP contribution is -2.40. The molecule has 0 saturated carbocycles. The number of hydrogen-bond acceptors (Lipinski definition) is 4. The molecule has 1 atom stereocenters. The highest BCUT2D eigenvalue weighted by Crippen LogP contribution is 2.31. The van der Waals surface area contributed by atoms with Gasteiger partial charge in [-0.2, -0.15) is 0 Å². The summed E-state index contributed by atoms with van der Waals surface area (Å²) >= 11 is 0. The number of allylic oxidation sites excluding steroid dienone is 1. The summed E-state index contributed by atoms with van der Waals surface area (Å²) < 4.78 is 43.3. The Balaban J connectivity index is 1.62. The Morgan fingerprint density at radius 2 is 1.82 bits per heavy atom. The van der Waals surface area contributed by atoms with Crippen molar-refractivity contribution in [2.24, 2.45) is 4.99 Å². The van der Waals surface area contributed by atoms with E-state index in [1.807, 2.05) is 0 Å². The average molecular weight is 451 g/mol. The first-order valence-electron chi connectivity index (χ1n) is 10.3. The summed E-state index contributed by atoms with van der Waals surface area (Å²) in [4.78, 5) is 21.3. The minimum absolute atomic E-state index is 0.0683. The molecule has 5 nitrogen and oxygen atoms in total. The molecule has 8 heteroatoms. The van der Waals surface area contributed by atoms with E-state index in [-0.39, 0.29) is 42.0 Å². The quantitative estimate of drug-likeness (QED) is 0.573. The average Bonchev–Trinajstić information content (AvgIpc) is 3.20. The van der Waals surface area contributed by atoms with E-state index in [9.17, 15) is 18.7 Å². The maximum Gasteiger partial charge on any atom is 0.252 e. The first-order valence-corrected chi connectivity index (χ1v) is 10.3. The van der Waals surface area contributed by atoms with Gasteiger partial charge in [0.05, 0.1) is 30.3 Å². The van der Waals surface area contributed by atoms with E-state index in [4.69, 9.17) is 0 Å². The third-order valence-corrected chi connectivity index (χ3v) is 5.29. The van der Waals surface area contributed by atoms with Gasteiger partial charge in [-0.05, 0) is 42.0 Å². The van der Waals surface area contributed by atoms with Crippen molar-refractivity contribution < 1.29 is 23.1 Å². The maximum atomic E-state index is 15.3. The van der Waals surface area contributed by atoms with Crippen LogP contribution >= 0.6 is 0 Å². The van der Waals surface area contributed by atoms with Crippen molar-refractivity contribution >= 4 is 17.2 Å². The second kappa shape index (κ2) is 9.79. The summed E-state index contributed by atoms with van der Waals surface area (Å²) in [5.41, 5.74) is 0.619. The minimum atomic E-state index is -0.804. The van der Waals surface area contributed by atoms with Gasteiger partial charge >= 0.3 is 0 Å². The molecule has 0 bridgehead atoms. The Bertz CT molecular complexity index is 1230. The standard InChI is InChI=1S/C25H20F3N3O2/c26-16-9-7-15(8-10-16)20-13-30-24(23(20)28)22-19(5-3-6-21(22)27)25(33)31-18(14-32)12-17-4-1-2-11-29-17/h1-11,18,32H,12-14H2,(H,31,33)/t18-/m1/s1. The van der Waals surface area contributed by atoms with Crippen molar-refractivity contribution in [1.82, 2.24) is 10.3 Å². The zero-order valence-electron chi connectivity index (χ0n) is 17.4. The Kier molecular flexibility index (Phi) is 6.65. The van der Waals surface area contributed by atoms with Crippen LogP contribution in [-0.4, -0.2) is 40.9 Å². The lowest BCUT2D eigenvalue weighted by molar-refractivity contribution is 0.0915. The van der Waals surface area contributed by atoms with Crippen molar-refractivity contribution in [1.29, 1.82) is 0 Å². The van der Waals surface area contributed by atoms with Crippen molar-refractivity contribution in [2.75, 3.05) is 13.2 Å². The van der Waals surface area contributed by atoms with E-state index < -0.39 is 29.4 Å². The van der Waals surface area contributed by atoms with Gasteiger partial charge in [0.25, 0.3) is 5.91 Å². The molecule has 3 aromatic rings. The summed E-state index contributed by atoms with van der Waals surface area (Å²) in [5.74, 6) is -2.71. The fourth-order valence-electron chi connectivity index (χ4n) is 3.65. The van der Waals surface area contributed by atoms with Gasteiger partial charge in [0.15, 0.2) is 5.83 Å². The van der Waals surface area contributed by atoms with Crippen LogP contribution in [0.4, 0.5) is 13.2 Å². The Labute approximate surface area is 188 Å². The molecular weight excluding hydrogens is 431 g/mol. The van der Waals surface area contributed by atoms with Gasteiger partial charge in [0.2, 0.25) is 0 Å². The van der Waals surface area contributed by atoms with Gasteiger partial charge in [-0.1, -0.05) is 24.3 Å². The summed E-state index contributed by atoms with van der Waals surface area (Å²) in [5, 5.41) is 12.4.